The number of pyridine rings is 1. The minimum atomic E-state index is -1.23. The van der Waals surface area contributed by atoms with Gasteiger partial charge >= 0.3 is 6.09 Å². The summed E-state index contributed by atoms with van der Waals surface area (Å²) in [4.78, 5) is 29.3. The van der Waals surface area contributed by atoms with Crippen LogP contribution in [0.1, 0.15) is 27.7 Å². The molecule has 28 heavy (non-hydrogen) atoms. The van der Waals surface area contributed by atoms with E-state index in [0.717, 1.165) is 23.1 Å². The molecule has 0 radical (unpaired) electrons. The second kappa shape index (κ2) is 8.20. The van der Waals surface area contributed by atoms with Crippen LogP contribution in [0.2, 0.25) is 0 Å². The maximum absolute atomic E-state index is 13.4. The minimum absolute atomic E-state index is 0.113. The molecule has 2 aromatic rings. The van der Waals surface area contributed by atoms with Crippen molar-refractivity contribution in [3.8, 4) is 0 Å². The van der Waals surface area contributed by atoms with Gasteiger partial charge < -0.3 is 15.7 Å². The number of benzene rings is 1. The Bertz CT molecular complexity index is 863. The Labute approximate surface area is 161 Å². The van der Waals surface area contributed by atoms with Crippen molar-refractivity contribution in [1.82, 2.24) is 9.88 Å². The molecule has 0 saturated heterocycles. The number of carbonyl (C=O) groups excluding carboxylic acids is 1. The van der Waals surface area contributed by atoms with Gasteiger partial charge in [0.1, 0.15) is 17.7 Å². The molecule has 0 aliphatic rings. The molecule has 9 heteroatoms. The number of carbonyl (C=O) groups is 2. The summed E-state index contributed by atoms with van der Waals surface area (Å²) in [6, 6.07) is 5.02. The van der Waals surface area contributed by atoms with E-state index >= 15 is 0 Å². The molecule has 0 aliphatic heterocycles. The molecule has 1 aromatic heterocycles. The smallest absolute Gasteiger partial charge is 0.408 e. The molecule has 2 amide bonds. The lowest BCUT2D eigenvalue weighted by Crippen LogP contribution is -2.54. The molecule has 0 aliphatic carbocycles. The van der Waals surface area contributed by atoms with Gasteiger partial charge in [-0.3, -0.25) is 9.69 Å². The predicted octanol–water partition coefficient (Wildman–Crippen LogP) is 4.21. The predicted molar refractivity (Wildman–Crippen MR) is 102 cm³/mol. The number of amides is 2. The van der Waals surface area contributed by atoms with Gasteiger partial charge in [-0.2, -0.15) is 0 Å². The van der Waals surface area contributed by atoms with Crippen LogP contribution in [0, 0.1) is 11.6 Å². The summed E-state index contributed by atoms with van der Waals surface area (Å²) >= 11 is 0. The van der Waals surface area contributed by atoms with Gasteiger partial charge in [-0.1, -0.05) is 0 Å². The second-order valence-electron chi connectivity index (χ2n) is 7.17. The summed E-state index contributed by atoms with van der Waals surface area (Å²) in [7, 11) is 0. The molecular formula is C19H22F2N4O3. The number of hydrogen-bond acceptors (Lipinski definition) is 4. The lowest BCUT2D eigenvalue weighted by Gasteiger charge is -2.37. The summed E-state index contributed by atoms with van der Waals surface area (Å²) in [6.07, 6.45) is 0.213. The van der Waals surface area contributed by atoms with Crippen LogP contribution in [0.25, 0.3) is 0 Å². The number of halogens is 2. The highest BCUT2D eigenvalue weighted by Crippen LogP contribution is 2.25. The molecule has 0 spiro atoms. The van der Waals surface area contributed by atoms with E-state index in [4.69, 9.17) is 0 Å². The monoisotopic (exact) mass is 392 g/mol. The van der Waals surface area contributed by atoms with Crippen LogP contribution in [0.15, 0.2) is 36.5 Å². The van der Waals surface area contributed by atoms with E-state index in [9.17, 15) is 23.5 Å². The fourth-order valence-electron chi connectivity index (χ4n) is 2.76. The van der Waals surface area contributed by atoms with Crippen molar-refractivity contribution < 1.29 is 23.5 Å². The van der Waals surface area contributed by atoms with Crippen molar-refractivity contribution in [2.75, 3.05) is 10.6 Å². The van der Waals surface area contributed by atoms with Crippen molar-refractivity contribution in [2.45, 2.75) is 39.3 Å². The first-order chi connectivity index (χ1) is 13.0. The van der Waals surface area contributed by atoms with Crippen LogP contribution < -0.4 is 10.6 Å². The molecule has 7 nitrogen and oxygen atoms in total. The Morgan fingerprint density at radius 2 is 1.79 bits per heavy atom. The SMILES string of the molecule is C[C@@H](C(=O)Nc1cccnc1Nc1cc(F)cc(F)c1)N(C(=O)O)C(C)(C)C. The van der Waals surface area contributed by atoms with Crippen molar-refractivity contribution in [3.05, 3.63) is 48.2 Å². The van der Waals surface area contributed by atoms with Crippen molar-refractivity contribution >= 4 is 29.2 Å². The summed E-state index contributed by atoms with van der Waals surface area (Å²) in [5, 5.41) is 14.8. The number of carboxylic acid groups (broad SMARTS) is 1. The Morgan fingerprint density at radius 3 is 2.32 bits per heavy atom. The third-order valence-corrected chi connectivity index (χ3v) is 3.89. The summed E-state index contributed by atoms with van der Waals surface area (Å²) in [5.74, 6) is -1.94. The van der Waals surface area contributed by atoms with E-state index in [1.165, 1.54) is 19.2 Å². The molecule has 3 N–H and O–H groups in total. The molecule has 0 bridgehead atoms. The van der Waals surface area contributed by atoms with Gasteiger partial charge in [0.15, 0.2) is 5.82 Å². The van der Waals surface area contributed by atoms with E-state index < -0.39 is 35.2 Å². The Kier molecular flexibility index (Phi) is 6.17. The molecule has 0 unspecified atom stereocenters. The van der Waals surface area contributed by atoms with Crippen LogP contribution in [0.5, 0.6) is 0 Å². The average Bonchev–Trinajstić information content (AvgIpc) is 2.53. The third kappa shape index (κ3) is 5.15. The van der Waals surface area contributed by atoms with Crippen molar-refractivity contribution in [1.29, 1.82) is 0 Å². The Hall–Kier alpha value is -3.23. The number of anilines is 3. The molecule has 1 heterocycles. The summed E-state index contributed by atoms with van der Waals surface area (Å²) in [5.41, 5.74) is -0.442. The Balaban J connectivity index is 2.25. The highest BCUT2D eigenvalue weighted by molar-refractivity contribution is 5.98. The third-order valence-electron chi connectivity index (χ3n) is 3.89. The summed E-state index contributed by atoms with van der Waals surface area (Å²) in [6.45, 7) is 6.52. The average molecular weight is 392 g/mol. The molecular weight excluding hydrogens is 370 g/mol. The van der Waals surface area contributed by atoms with E-state index in [1.807, 2.05) is 0 Å². The second-order valence-corrected chi connectivity index (χ2v) is 7.17. The van der Waals surface area contributed by atoms with Gasteiger partial charge in [0, 0.05) is 23.5 Å². The molecule has 2 rings (SSSR count). The van der Waals surface area contributed by atoms with Crippen LogP contribution in [0.3, 0.4) is 0 Å². The van der Waals surface area contributed by atoms with Gasteiger partial charge in [0.2, 0.25) is 5.91 Å². The molecule has 0 fully saturated rings. The first-order valence-corrected chi connectivity index (χ1v) is 8.50. The van der Waals surface area contributed by atoms with E-state index in [1.54, 1.807) is 26.8 Å². The van der Waals surface area contributed by atoms with Crippen LogP contribution in [-0.4, -0.2) is 38.6 Å². The number of nitrogens with one attached hydrogen (secondary N) is 2. The van der Waals surface area contributed by atoms with Gasteiger partial charge in [0.05, 0.1) is 5.69 Å². The van der Waals surface area contributed by atoms with Gasteiger partial charge in [-0.15, -0.1) is 0 Å². The van der Waals surface area contributed by atoms with Gasteiger partial charge in [-0.25, -0.2) is 18.6 Å². The maximum Gasteiger partial charge on any atom is 0.408 e. The van der Waals surface area contributed by atoms with Gasteiger partial charge in [0.25, 0.3) is 0 Å². The van der Waals surface area contributed by atoms with Crippen LogP contribution in [-0.2, 0) is 4.79 Å². The molecule has 1 atom stereocenters. The van der Waals surface area contributed by atoms with Crippen molar-refractivity contribution in [2.24, 2.45) is 0 Å². The maximum atomic E-state index is 13.4. The first kappa shape index (κ1) is 21.1. The van der Waals surface area contributed by atoms with E-state index in [2.05, 4.69) is 15.6 Å². The fourth-order valence-corrected chi connectivity index (χ4v) is 2.76. The number of rotatable bonds is 5. The fraction of sp³-hybridized carbons (Fsp3) is 0.316. The highest BCUT2D eigenvalue weighted by Gasteiger charge is 2.34. The zero-order chi connectivity index (χ0) is 21.1. The lowest BCUT2D eigenvalue weighted by molar-refractivity contribution is -0.121. The largest absolute Gasteiger partial charge is 0.465 e. The molecule has 0 saturated carbocycles. The van der Waals surface area contributed by atoms with E-state index in [-0.39, 0.29) is 17.2 Å². The summed E-state index contributed by atoms with van der Waals surface area (Å²) < 4.78 is 26.8. The normalized spacial score (nSPS) is 12.2. The number of aromatic nitrogens is 1. The minimum Gasteiger partial charge on any atom is -0.465 e. The van der Waals surface area contributed by atoms with Crippen LogP contribution >= 0.6 is 0 Å². The molecule has 150 valence electrons. The first-order valence-electron chi connectivity index (χ1n) is 8.50. The number of hydrogen-bond donors (Lipinski definition) is 3. The zero-order valence-corrected chi connectivity index (χ0v) is 16.0. The number of nitrogens with zero attached hydrogens (tertiary/aromatic N) is 2. The zero-order valence-electron chi connectivity index (χ0n) is 16.0. The molecule has 1 aromatic carbocycles. The standard InChI is InChI=1S/C19H22F2N4O3/c1-11(25(18(27)28)19(2,3)4)17(26)24-15-6-5-7-22-16(15)23-14-9-12(20)8-13(21)10-14/h5-11H,1-4H3,(H,22,23)(H,24,26)(H,27,28)/t11-/m0/s1. The quantitative estimate of drug-likeness (QED) is 0.709. The topological polar surface area (TPSA) is 94.6 Å². The highest BCUT2D eigenvalue weighted by atomic mass is 19.1. The Morgan fingerprint density at radius 1 is 1.18 bits per heavy atom. The van der Waals surface area contributed by atoms with Crippen LogP contribution in [0.4, 0.5) is 30.8 Å². The van der Waals surface area contributed by atoms with Gasteiger partial charge in [-0.05, 0) is 52.0 Å². The van der Waals surface area contributed by atoms with Crippen molar-refractivity contribution in [3.63, 3.8) is 0 Å². The lowest BCUT2D eigenvalue weighted by atomic mass is 10.0. The van der Waals surface area contributed by atoms with E-state index in [0.29, 0.717) is 0 Å².